The molecule has 1 aliphatic heterocycles. The molecule has 1 saturated heterocycles. The van der Waals surface area contributed by atoms with E-state index in [2.05, 4.69) is 0 Å². The number of benzene rings is 1. The van der Waals surface area contributed by atoms with Crippen molar-refractivity contribution in [1.82, 2.24) is 4.90 Å². The number of amides is 2. The van der Waals surface area contributed by atoms with Crippen molar-refractivity contribution in [2.45, 2.75) is 0 Å². The van der Waals surface area contributed by atoms with Crippen LogP contribution in [-0.2, 0) is 9.59 Å². The number of carbonyl (C=O) groups excluding carboxylic acids is 2. The van der Waals surface area contributed by atoms with Gasteiger partial charge >= 0.3 is 0 Å². The zero-order valence-electron chi connectivity index (χ0n) is 10.2. The smallest absolute Gasteiger partial charge is 0.275 e. The van der Waals surface area contributed by atoms with Crippen LogP contribution < -0.4 is 0 Å². The molecule has 0 aromatic heterocycles. The van der Waals surface area contributed by atoms with Crippen LogP contribution in [-0.4, -0.2) is 47.6 Å². The van der Waals surface area contributed by atoms with Crippen molar-refractivity contribution in [1.29, 1.82) is 0 Å². The lowest BCUT2D eigenvalue weighted by molar-refractivity contribution is -0.506. The Balaban J connectivity index is 2.04. The fourth-order valence-electron chi connectivity index (χ4n) is 1.70. The van der Waals surface area contributed by atoms with E-state index in [0.717, 1.165) is 5.56 Å². The van der Waals surface area contributed by atoms with Crippen molar-refractivity contribution in [3.05, 3.63) is 42.0 Å². The molecule has 0 saturated carbocycles. The highest BCUT2D eigenvalue weighted by molar-refractivity contribution is 5.98. The molecule has 1 heterocycles. The van der Waals surface area contributed by atoms with Gasteiger partial charge in [0.2, 0.25) is 13.1 Å². The van der Waals surface area contributed by atoms with E-state index >= 15 is 0 Å². The molecule has 1 aliphatic rings. The Kier molecular flexibility index (Phi) is 3.67. The number of allylic oxidation sites excluding steroid dienone is 1. The predicted octanol–water partition coefficient (Wildman–Crippen LogP) is 0.782. The molecule has 0 N–H and O–H groups in total. The zero-order chi connectivity index (χ0) is 13.0. The largest absolute Gasteiger partial charge is 0.294 e. The summed E-state index contributed by atoms with van der Waals surface area (Å²) in [7, 11) is 1.52. The Bertz CT molecular complexity index is 498. The maximum Gasteiger partial charge on any atom is 0.294 e. The van der Waals surface area contributed by atoms with Gasteiger partial charge in [-0.05, 0) is 11.6 Å². The van der Waals surface area contributed by atoms with Crippen LogP contribution in [0.5, 0.6) is 0 Å². The molecular weight excluding hydrogens is 228 g/mol. The van der Waals surface area contributed by atoms with Crippen LogP contribution in [0.4, 0.5) is 0 Å². The van der Waals surface area contributed by atoms with E-state index in [1.807, 2.05) is 42.5 Å². The van der Waals surface area contributed by atoms with E-state index in [0.29, 0.717) is 0 Å². The summed E-state index contributed by atoms with van der Waals surface area (Å²) in [5.41, 5.74) is 1.08. The molecule has 4 nitrogen and oxygen atoms in total. The van der Waals surface area contributed by atoms with Crippen LogP contribution in [0.25, 0.3) is 6.08 Å². The van der Waals surface area contributed by atoms with Crippen molar-refractivity contribution in [3.63, 3.8) is 0 Å². The number of hydrogen-bond acceptors (Lipinski definition) is 2. The lowest BCUT2D eigenvalue weighted by Gasteiger charge is -2.18. The quantitative estimate of drug-likeness (QED) is 0.569. The Labute approximate surface area is 106 Å². The summed E-state index contributed by atoms with van der Waals surface area (Å²) in [6, 6.07) is 9.86. The highest BCUT2D eigenvalue weighted by Gasteiger charge is 2.30. The maximum atomic E-state index is 11.5. The van der Waals surface area contributed by atoms with Gasteiger partial charge in [0.05, 0.1) is 0 Å². The Morgan fingerprint density at radius 2 is 1.72 bits per heavy atom. The third kappa shape index (κ3) is 2.91. The van der Waals surface area contributed by atoms with Gasteiger partial charge in [0, 0.05) is 13.1 Å². The minimum absolute atomic E-state index is 0.171. The molecule has 0 atom stereocenters. The molecule has 0 unspecified atom stereocenters. The number of imide groups is 1. The average molecular weight is 243 g/mol. The molecule has 0 bridgehead atoms. The number of carbonyl (C=O) groups is 2. The van der Waals surface area contributed by atoms with Crippen molar-refractivity contribution in [2.24, 2.45) is 0 Å². The van der Waals surface area contributed by atoms with E-state index in [1.54, 1.807) is 10.8 Å². The van der Waals surface area contributed by atoms with Crippen molar-refractivity contribution in [2.75, 3.05) is 20.1 Å². The lowest BCUT2D eigenvalue weighted by Crippen LogP contribution is -2.48. The van der Waals surface area contributed by atoms with Crippen LogP contribution >= 0.6 is 0 Å². The Hall–Kier alpha value is -2.23. The van der Waals surface area contributed by atoms with Crippen LogP contribution in [0.1, 0.15) is 5.56 Å². The second-order valence-corrected chi connectivity index (χ2v) is 4.17. The molecule has 0 radical (unpaired) electrons. The minimum atomic E-state index is -0.171. The van der Waals surface area contributed by atoms with Gasteiger partial charge in [-0.2, -0.15) is 0 Å². The fourth-order valence-corrected chi connectivity index (χ4v) is 1.70. The van der Waals surface area contributed by atoms with Gasteiger partial charge in [0.1, 0.15) is 0 Å². The highest BCUT2D eigenvalue weighted by atomic mass is 16.2. The summed E-state index contributed by atoms with van der Waals surface area (Å²) in [4.78, 5) is 24.1. The standard InChI is InChI=1S/C14H15N2O2/c1-15-13(17)10-16(11-14(15)18)9-5-8-12-6-3-2-4-7-12/h2-9H,10-11H2,1H3/q+1/b8-5+. The van der Waals surface area contributed by atoms with Crippen LogP contribution in [0.3, 0.4) is 0 Å². The number of rotatable bonds is 2. The summed E-state index contributed by atoms with van der Waals surface area (Å²) < 4.78 is 1.71. The summed E-state index contributed by atoms with van der Waals surface area (Å²) >= 11 is 0. The van der Waals surface area contributed by atoms with Crippen LogP contribution in [0.15, 0.2) is 36.4 Å². The zero-order valence-corrected chi connectivity index (χ0v) is 10.2. The molecule has 0 aliphatic carbocycles. The minimum Gasteiger partial charge on any atom is -0.275 e. The molecular formula is C14H15N2O2+. The second kappa shape index (κ2) is 5.40. The first-order valence-corrected chi connectivity index (χ1v) is 5.77. The molecule has 92 valence electrons. The van der Waals surface area contributed by atoms with Gasteiger partial charge in [-0.3, -0.25) is 14.5 Å². The molecule has 2 rings (SSSR count). The summed E-state index contributed by atoms with van der Waals surface area (Å²) in [5, 5.41) is 0. The Morgan fingerprint density at radius 3 is 2.33 bits per heavy atom. The maximum absolute atomic E-state index is 11.5. The summed E-state index contributed by atoms with van der Waals surface area (Å²) in [6.07, 6.45) is 5.56. The van der Waals surface area contributed by atoms with E-state index < -0.39 is 0 Å². The molecule has 2 amide bonds. The number of piperazine rings is 1. The summed E-state index contributed by atoms with van der Waals surface area (Å²) in [6.45, 7) is 0.503. The average Bonchev–Trinajstić information content (AvgIpc) is 2.37. The van der Waals surface area contributed by atoms with E-state index in [9.17, 15) is 9.59 Å². The monoisotopic (exact) mass is 243 g/mol. The van der Waals surface area contributed by atoms with Gasteiger partial charge < -0.3 is 0 Å². The number of likely N-dealkylation sites (N-methyl/N-ethyl adjacent to an activating group) is 1. The molecule has 1 fully saturated rings. The fraction of sp³-hybridized carbons (Fsp3) is 0.214. The van der Waals surface area contributed by atoms with Crippen LogP contribution in [0, 0.1) is 0 Å². The number of hydrogen-bond donors (Lipinski definition) is 0. The van der Waals surface area contributed by atoms with Gasteiger partial charge in [0.15, 0.2) is 6.21 Å². The first-order chi connectivity index (χ1) is 8.66. The third-order valence-corrected chi connectivity index (χ3v) is 2.81. The number of nitrogens with zero attached hydrogens (tertiary/aromatic N) is 2. The van der Waals surface area contributed by atoms with Gasteiger partial charge in [0.25, 0.3) is 11.8 Å². The molecule has 1 aromatic rings. The summed E-state index contributed by atoms with van der Waals surface area (Å²) in [5.74, 6) is -0.341. The van der Waals surface area contributed by atoms with Gasteiger partial charge in [-0.15, -0.1) is 0 Å². The van der Waals surface area contributed by atoms with Gasteiger partial charge in [-0.25, -0.2) is 4.58 Å². The molecule has 18 heavy (non-hydrogen) atoms. The molecule has 0 spiro atoms. The normalized spacial score (nSPS) is 16.5. The highest BCUT2D eigenvalue weighted by Crippen LogP contribution is 2.00. The predicted molar refractivity (Wildman–Crippen MR) is 69.3 cm³/mol. The molecule has 1 aromatic carbocycles. The van der Waals surface area contributed by atoms with E-state index in [4.69, 9.17) is 0 Å². The van der Waals surface area contributed by atoms with E-state index in [1.165, 1.54) is 11.9 Å². The van der Waals surface area contributed by atoms with Crippen molar-refractivity contribution in [3.8, 4) is 0 Å². The van der Waals surface area contributed by atoms with Crippen molar-refractivity contribution < 1.29 is 14.2 Å². The van der Waals surface area contributed by atoms with Crippen LogP contribution in [0.2, 0.25) is 0 Å². The topological polar surface area (TPSA) is 40.4 Å². The third-order valence-electron chi connectivity index (χ3n) is 2.81. The lowest BCUT2D eigenvalue weighted by atomic mass is 10.2. The first-order valence-electron chi connectivity index (χ1n) is 5.77. The molecule has 4 heteroatoms. The van der Waals surface area contributed by atoms with Crippen molar-refractivity contribution >= 4 is 24.1 Å². The first kappa shape index (κ1) is 12.2. The second-order valence-electron chi connectivity index (χ2n) is 4.17. The SMILES string of the molecule is CN1C(=O)C[N+](=C/C=C/c2ccccc2)CC1=O. The Morgan fingerprint density at radius 1 is 1.11 bits per heavy atom. The van der Waals surface area contributed by atoms with E-state index in [-0.39, 0.29) is 24.9 Å². The van der Waals surface area contributed by atoms with Gasteiger partial charge in [-0.1, -0.05) is 30.3 Å².